The first kappa shape index (κ1) is 8.31. The molecule has 0 N–H and O–H groups in total. The standard InChI is InChI=1S/C13H14/c1-11-6-2-5-9-13(11)10-12-7-3-4-8-12/h2-9,12H,10H2,1H3. The van der Waals surface area contributed by atoms with Gasteiger partial charge in [0.2, 0.25) is 0 Å². The highest BCUT2D eigenvalue weighted by Crippen LogP contribution is 2.17. The van der Waals surface area contributed by atoms with Crippen molar-refractivity contribution in [2.75, 3.05) is 0 Å². The second-order valence-electron chi connectivity index (χ2n) is 3.56. The number of allylic oxidation sites excluding steroid dienone is 4. The molecule has 0 saturated heterocycles. The van der Waals surface area contributed by atoms with Gasteiger partial charge in [0.05, 0.1) is 0 Å². The first-order chi connectivity index (χ1) is 6.36. The quantitative estimate of drug-likeness (QED) is 0.639. The zero-order chi connectivity index (χ0) is 9.10. The third-order valence-electron chi connectivity index (χ3n) is 2.54. The van der Waals surface area contributed by atoms with E-state index in [1.165, 1.54) is 11.1 Å². The number of hydrogen-bond donors (Lipinski definition) is 0. The maximum Gasteiger partial charge on any atom is -0.000673 e. The molecule has 1 aromatic carbocycles. The van der Waals surface area contributed by atoms with Crippen LogP contribution in [0.15, 0.2) is 48.6 Å². The summed E-state index contributed by atoms with van der Waals surface area (Å²) in [6, 6.07) is 8.61. The number of benzene rings is 1. The van der Waals surface area contributed by atoms with Crippen molar-refractivity contribution >= 4 is 0 Å². The predicted octanol–water partition coefficient (Wildman–Crippen LogP) is 3.28. The molecular weight excluding hydrogens is 156 g/mol. The molecule has 0 bridgehead atoms. The summed E-state index contributed by atoms with van der Waals surface area (Å²) in [6.07, 6.45) is 9.91. The van der Waals surface area contributed by atoms with Crippen molar-refractivity contribution in [1.82, 2.24) is 0 Å². The Morgan fingerprint density at radius 2 is 1.77 bits per heavy atom. The Bertz CT molecular complexity index is 333. The molecule has 1 aliphatic rings. The van der Waals surface area contributed by atoms with Crippen LogP contribution >= 0.6 is 0 Å². The summed E-state index contributed by atoms with van der Waals surface area (Å²) in [6.45, 7) is 2.18. The van der Waals surface area contributed by atoms with Crippen molar-refractivity contribution in [3.05, 3.63) is 59.7 Å². The second kappa shape index (κ2) is 3.61. The molecule has 0 unspecified atom stereocenters. The van der Waals surface area contributed by atoms with Crippen LogP contribution in [0.4, 0.5) is 0 Å². The molecule has 13 heavy (non-hydrogen) atoms. The minimum absolute atomic E-state index is 0.612. The average Bonchev–Trinajstić information content (AvgIpc) is 2.61. The van der Waals surface area contributed by atoms with Crippen LogP contribution in [0.5, 0.6) is 0 Å². The van der Waals surface area contributed by atoms with Crippen molar-refractivity contribution in [1.29, 1.82) is 0 Å². The Hall–Kier alpha value is -1.30. The molecule has 66 valence electrons. The summed E-state index contributed by atoms with van der Waals surface area (Å²) in [5.74, 6) is 0.612. The fourth-order valence-electron chi connectivity index (χ4n) is 1.71. The van der Waals surface area contributed by atoms with Crippen molar-refractivity contribution in [3.8, 4) is 0 Å². The third kappa shape index (κ3) is 1.89. The predicted molar refractivity (Wildman–Crippen MR) is 56.7 cm³/mol. The van der Waals surface area contributed by atoms with Crippen LogP contribution in [0.3, 0.4) is 0 Å². The highest BCUT2D eigenvalue weighted by atomic mass is 14.1. The first-order valence-corrected chi connectivity index (χ1v) is 4.76. The van der Waals surface area contributed by atoms with E-state index in [-0.39, 0.29) is 0 Å². The summed E-state index contributed by atoms with van der Waals surface area (Å²) in [5.41, 5.74) is 2.86. The van der Waals surface area contributed by atoms with Gasteiger partial charge < -0.3 is 0 Å². The Morgan fingerprint density at radius 1 is 1.08 bits per heavy atom. The molecule has 0 amide bonds. The number of aryl methyl sites for hydroxylation is 1. The van der Waals surface area contributed by atoms with Gasteiger partial charge in [0, 0.05) is 0 Å². The fraction of sp³-hybridized carbons (Fsp3) is 0.231. The van der Waals surface area contributed by atoms with Gasteiger partial charge in [0.15, 0.2) is 0 Å². The van der Waals surface area contributed by atoms with E-state index in [0.717, 1.165) is 6.42 Å². The molecule has 0 aromatic heterocycles. The lowest BCUT2D eigenvalue weighted by atomic mass is 9.97. The van der Waals surface area contributed by atoms with Crippen molar-refractivity contribution < 1.29 is 0 Å². The lowest BCUT2D eigenvalue weighted by Crippen LogP contribution is -1.97. The van der Waals surface area contributed by atoms with E-state index in [1.807, 2.05) is 0 Å². The van der Waals surface area contributed by atoms with E-state index in [1.54, 1.807) is 0 Å². The lowest BCUT2D eigenvalue weighted by Gasteiger charge is -2.07. The molecule has 0 atom stereocenters. The normalized spacial score (nSPS) is 15.5. The van der Waals surface area contributed by atoms with Crippen LogP contribution in [0.1, 0.15) is 11.1 Å². The summed E-state index contributed by atoms with van der Waals surface area (Å²) >= 11 is 0. The van der Waals surface area contributed by atoms with E-state index in [4.69, 9.17) is 0 Å². The minimum atomic E-state index is 0.612. The van der Waals surface area contributed by atoms with E-state index < -0.39 is 0 Å². The van der Waals surface area contributed by atoms with Crippen LogP contribution in [-0.4, -0.2) is 0 Å². The van der Waals surface area contributed by atoms with Gasteiger partial charge in [0.25, 0.3) is 0 Å². The highest BCUT2D eigenvalue weighted by molar-refractivity contribution is 5.29. The first-order valence-electron chi connectivity index (χ1n) is 4.76. The van der Waals surface area contributed by atoms with Crippen LogP contribution in [0.25, 0.3) is 0 Å². The SMILES string of the molecule is Cc1ccccc1CC1C=CC=C1. The molecule has 0 fully saturated rings. The molecule has 1 aliphatic carbocycles. The van der Waals surface area contributed by atoms with Gasteiger partial charge in [-0.1, -0.05) is 48.6 Å². The smallest absolute Gasteiger partial charge is 0.000673 e. The number of rotatable bonds is 2. The van der Waals surface area contributed by atoms with Crippen molar-refractivity contribution in [2.24, 2.45) is 5.92 Å². The summed E-state index contributed by atoms with van der Waals surface area (Å²) in [7, 11) is 0. The maximum absolute atomic E-state index is 2.26. The average molecular weight is 170 g/mol. The van der Waals surface area contributed by atoms with Crippen LogP contribution in [0.2, 0.25) is 0 Å². The monoisotopic (exact) mass is 170 g/mol. The van der Waals surface area contributed by atoms with E-state index in [2.05, 4.69) is 55.5 Å². The fourth-order valence-corrected chi connectivity index (χ4v) is 1.71. The van der Waals surface area contributed by atoms with Gasteiger partial charge in [-0.05, 0) is 30.4 Å². The van der Waals surface area contributed by atoms with Gasteiger partial charge in [-0.2, -0.15) is 0 Å². The molecule has 0 heterocycles. The number of hydrogen-bond acceptors (Lipinski definition) is 0. The Balaban J connectivity index is 2.13. The van der Waals surface area contributed by atoms with E-state index in [9.17, 15) is 0 Å². The molecule has 0 aliphatic heterocycles. The molecule has 0 heteroatoms. The molecule has 0 radical (unpaired) electrons. The minimum Gasteiger partial charge on any atom is -0.0773 e. The Kier molecular flexibility index (Phi) is 2.31. The molecule has 0 saturated carbocycles. The van der Waals surface area contributed by atoms with Crippen LogP contribution in [-0.2, 0) is 6.42 Å². The highest BCUT2D eigenvalue weighted by Gasteiger charge is 2.05. The van der Waals surface area contributed by atoms with Crippen molar-refractivity contribution in [3.63, 3.8) is 0 Å². The lowest BCUT2D eigenvalue weighted by molar-refractivity contribution is 0.810. The van der Waals surface area contributed by atoms with Gasteiger partial charge in [-0.3, -0.25) is 0 Å². The van der Waals surface area contributed by atoms with Crippen LogP contribution in [0, 0.1) is 12.8 Å². The van der Waals surface area contributed by atoms with E-state index in [0.29, 0.717) is 5.92 Å². The second-order valence-corrected chi connectivity index (χ2v) is 3.56. The Labute approximate surface area is 79.6 Å². The summed E-state index contributed by atoms with van der Waals surface area (Å²) in [5, 5.41) is 0. The topological polar surface area (TPSA) is 0 Å². The largest absolute Gasteiger partial charge is 0.0773 e. The van der Waals surface area contributed by atoms with Gasteiger partial charge in [-0.25, -0.2) is 0 Å². The zero-order valence-electron chi connectivity index (χ0n) is 7.90. The van der Waals surface area contributed by atoms with Gasteiger partial charge in [-0.15, -0.1) is 0 Å². The summed E-state index contributed by atoms with van der Waals surface area (Å²) in [4.78, 5) is 0. The molecule has 0 nitrogen and oxygen atoms in total. The van der Waals surface area contributed by atoms with Crippen molar-refractivity contribution in [2.45, 2.75) is 13.3 Å². The summed E-state index contributed by atoms with van der Waals surface area (Å²) < 4.78 is 0. The molecule has 1 aromatic rings. The van der Waals surface area contributed by atoms with Gasteiger partial charge in [0.1, 0.15) is 0 Å². The van der Waals surface area contributed by atoms with Crippen LogP contribution < -0.4 is 0 Å². The zero-order valence-corrected chi connectivity index (χ0v) is 7.90. The van der Waals surface area contributed by atoms with E-state index >= 15 is 0 Å². The molecular formula is C13H14. The maximum atomic E-state index is 2.26. The molecule has 0 spiro atoms. The Morgan fingerprint density at radius 3 is 2.46 bits per heavy atom. The molecule has 2 rings (SSSR count). The van der Waals surface area contributed by atoms with Gasteiger partial charge >= 0.3 is 0 Å². The third-order valence-corrected chi connectivity index (χ3v) is 2.54.